The Morgan fingerprint density at radius 3 is 2.44 bits per heavy atom. The summed E-state index contributed by atoms with van der Waals surface area (Å²) in [5.74, 6) is -0.942. The molecular formula is C18H16F3NO3. The summed E-state index contributed by atoms with van der Waals surface area (Å²) >= 11 is 0. The van der Waals surface area contributed by atoms with E-state index in [1.54, 1.807) is 24.3 Å². The van der Waals surface area contributed by atoms with Crippen LogP contribution in [0.25, 0.3) is 0 Å². The zero-order valence-corrected chi connectivity index (χ0v) is 13.3. The van der Waals surface area contributed by atoms with Crippen molar-refractivity contribution in [3.8, 4) is 5.75 Å². The van der Waals surface area contributed by atoms with Gasteiger partial charge in [-0.15, -0.1) is 0 Å². The van der Waals surface area contributed by atoms with Crippen molar-refractivity contribution in [3.05, 3.63) is 59.2 Å². The van der Waals surface area contributed by atoms with Crippen molar-refractivity contribution in [2.45, 2.75) is 24.6 Å². The third-order valence-electron chi connectivity index (χ3n) is 4.36. The molecule has 1 aliphatic rings. The summed E-state index contributed by atoms with van der Waals surface area (Å²) in [6.07, 6.45) is -6.12. The van der Waals surface area contributed by atoms with E-state index in [1.165, 1.54) is 19.2 Å². The molecule has 1 aliphatic heterocycles. The first-order chi connectivity index (χ1) is 11.8. The summed E-state index contributed by atoms with van der Waals surface area (Å²) in [5, 5.41) is 12.7. The fourth-order valence-electron chi connectivity index (χ4n) is 3.06. The molecule has 7 heteroatoms. The molecule has 2 atom stereocenters. The third-order valence-corrected chi connectivity index (χ3v) is 4.36. The molecule has 0 radical (unpaired) electrons. The van der Waals surface area contributed by atoms with Crippen molar-refractivity contribution in [1.82, 2.24) is 0 Å². The Balaban J connectivity index is 2.08. The van der Waals surface area contributed by atoms with Gasteiger partial charge in [0.05, 0.1) is 12.7 Å². The minimum Gasteiger partial charge on any atom is -0.497 e. The zero-order chi connectivity index (χ0) is 18.2. The minimum atomic E-state index is -4.55. The maximum Gasteiger partial charge on any atom is 0.416 e. The Bertz CT molecular complexity index is 787. The van der Waals surface area contributed by atoms with Crippen molar-refractivity contribution in [2.24, 2.45) is 0 Å². The monoisotopic (exact) mass is 351 g/mol. The van der Waals surface area contributed by atoms with Crippen LogP contribution in [0, 0.1) is 0 Å². The highest BCUT2D eigenvalue weighted by molar-refractivity contribution is 5.96. The molecule has 2 aromatic rings. The zero-order valence-electron chi connectivity index (χ0n) is 13.3. The number of halogens is 3. The van der Waals surface area contributed by atoms with Crippen LogP contribution < -0.4 is 10.1 Å². The molecule has 3 rings (SSSR count). The molecule has 0 fully saturated rings. The number of ether oxygens (including phenoxy) is 1. The Hall–Kier alpha value is -2.54. The van der Waals surface area contributed by atoms with Gasteiger partial charge >= 0.3 is 6.18 Å². The van der Waals surface area contributed by atoms with Gasteiger partial charge < -0.3 is 15.2 Å². The molecule has 0 aliphatic carbocycles. The van der Waals surface area contributed by atoms with E-state index in [-0.39, 0.29) is 17.7 Å². The van der Waals surface area contributed by atoms with E-state index in [0.717, 1.165) is 6.07 Å². The number of carbonyl (C=O) groups is 1. The predicted octanol–water partition coefficient (Wildman–Crippen LogP) is 3.35. The van der Waals surface area contributed by atoms with E-state index >= 15 is 0 Å². The van der Waals surface area contributed by atoms with Crippen molar-refractivity contribution in [2.75, 3.05) is 12.4 Å². The molecule has 1 heterocycles. The Labute approximate surface area is 142 Å². The number of anilines is 1. The molecule has 0 spiro atoms. The van der Waals surface area contributed by atoms with Crippen molar-refractivity contribution in [3.63, 3.8) is 0 Å². The largest absolute Gasteiger partial charge is 0.497 e. The van der Waals surface area contributed by atoms with Crippen LogP contribution in [-0.2, 0) is 17.4 Å². The fraction of sp³-hybridized carbons (Fsp3) is 0.278. The van der Waals surface area contributed by atoms with Gasteiger partial charge in [-0.05, 0) is 41.8 Å². The Morgan fingerprint density at radius 1 is 1.16 bits per heavy atom. The number of fused-ring (bicyclic) bond motifs is 1. The maximum absolute atomic E-state index is 13.3. The standard InChI is InChI=1S/C18H16F3NO3/c1-25-11-7-5-10(6-8-11)12-9-13-14(18(19,20)21)3-2-4-15(13)22-17(24)16(12)23/h2-8,12,16,23H,9H2,1H3,(H,22,24)/t12-,16+/m0/s1. The van der Waals surface area contributed by atoms with Crippen molar-refractivity contribution in [1.29, 1.82) is 0 Å². The molecule has 0 aromatic heterocycles. The van der Waals surface area contributed by atoms with Crippen LogP contribution in [0.5, 0.6) is 5.75 Å². The van der Waals surface area contributed by atoms with Gasteiger partial charge in [-0.1, -0.05) is 18.2 Å². The second kappa shape index (κ2) is 6.40. The van der Waals surface area contributed by atoms with Gasteiger partial charge in [0, 0.05) is 11.6 Å². The number of aliphatic hydroxyl groups is 1. The molecule has 2 N–H and O–H groups in total. The number of nitrogens with one attached hydrogen (secondary N) is 1. The second-order valence-corrected chi connectivity index (χ2v) is 5.85. The van der Waals surface area contributed by atoms with Crippen LogP contribution in [0.3, 0.4) is 0 Å². The van der Waals surface area contributed by atoms with Crippen LogP contribution >= 0.6 is 0 Å². The lowest BCUT2D eigenvalue weighted by molar-refractivity contribution is -0.138. The summed E-state index contributed by atoms with van der Waals surface area (Å²) in [6, 6.07) is 10.2. The Kier molecular flexibility index (Phi) is 4.43. The van der Waals surface area contributed by atoms with Gasteiger partial charge in [0.25, 0.3) is 5.91 Å². The highest BCUT2D eigenvalue weighted by atomic mass is 19.4. The SMILES string of the molecule is COc1ccc([C@@H]2Cc3c(cccc3C(F)(F)F)NC(=O)[C@@H]2O)cc1. The summed E-state index contributed by atoms with van der Waals surface area (Å²) in [5.41, 5.74) is -0.193. The van der Waals surface area contributed by atoms with Crippen LogP contribution in [0.1, 0.15) is 22.6 Å². The first-order valence-electron chi connectivity index (χ1n) is 7.63. The highest BCUT2D eigenvalue weighted by Crippen LogP contribution is 2.40. The normalized spacial score (nSPS) is 20.4. The van der Waals surface area contributed by atoms with Gasteiger partial charge in [-0.3, -0.25) is 4.79 Å². The molecule has 2 aromatic carbocycles. The number of alkyl halides is 3. The first-order valence-corrected chi connectivity index (χ1v) is 7.63. The van der Waals surface area contributed by atoms with Crippen LogP contribution in [0.15, 0.2) is 42.5 Å². The number of hydrogen-bond donors (Lipinski definition) is 2. The lowest BCUT2D eigenvalue weighted by atomic mass is 9.86. The number of methoxy groups -OCH3 is 1. The molecule has 1 amide bonds. The second-order valence-electron chi connectivity index (χ2n) is 5.85. The van der Waals surface area contributed by atoms with E-state index in [9.17, 15) is 23.1 Å². The van der Waals surface area contributed by atoms with Gasteiger partial charge in [0.2, 0.25) is 0 Å². The predicted molar refractivity (Wildman–Crippen MR) is 85.5 cm³/mol. The topological polar surface area (TPSA) is 58.6 Å². The van der Waals surface area contributed by atoms with Gasteiger partial charge in [0.1, 0.15) is 11.9 Å². The van der Waals surface area contributed by atoms with E-state index < -0.39 is 29.7 Å². The molecule has 0 saturated heterocycles. The number of hydrogen-bond acceptors (Lipinski definition) is 3. The lowest BCUT2D eigenvalue weighted by Gasteiger charge is -2.21. The average Bonchev–Trinajstić information content (AvgIpc) is 2.71. The van der Waals surface area contributed by atoms with Crippen LogP contribution in [-0.4, -0.2) is 24.2 Å². The van der Waals surface area contributed by atoms with Gasteiger partial charge in [0.15, 0.2) is 0 Å². The van der Waals surface area contributed by atoms with Crippen molar-refractivity contribution >= 4 is 11.6 Å². The highest BCUT2D eigenvalue weighted by Gasteiger charge is 2.39. The molecule has 132 valence electrons. The molecule has 25 heavy (non-hydrogen) atoms. The number of aliphatic hydroxyl groups excluding tert-OH is 1. The minimum absolute atomic E-state index is 0.0271. The van der Waals surface area contributed by atoms with Crippen LogP contribution in [0.4, 0.5) is 18.9 Å². The molecule has 0 bridgehead atoms. The lowest BCUT2D eigenvalue weighted by Crippen LogP contribution is -2.31. The summed E-state index contributed by atoms with van der Waals surface area (Å²) in [4.78, 5) is 12.2. The number of benzene rings is 2. The van der Waals surface area contributed by atoms with E-state index in [2.05, 4.69) is 5.32 Å². The van der Waals surface area contributed by atoms with E-state index in [4.69, 9.17) is 4.74 Å². The van der Waals surface area contributed by atoms with E-state index in [0.29, 0.717) is 11.3 Å². The fourth-order valence-corrected chi connectivity index (χ4v) is 3.06. The van der Waals surface area contributed by atoms with Crippen molar-refractivity contribution < 1.29 is 27.8 Å². The number of carbonyl (C=O) groups excluding carboxylic acids is 1. The smallest absolute Gasteiger partial charge is 0.416 e. The number of rotatable bonds is 2. The van der Waals surface area contributed by atoms with Crippen LogP contribution in [0.2, 0.25) is 0 Å². The van der Waals surface area contributed by atoms with Gasteiger partial charge in [-0.25, -0.2) is 0 Å². The Morgan fingerprint density at radius 2 is 1.84 bits per heavy atom. The summed E-state index contributed by atoms with van der Waals surface area (Å²) in [6.45, 7) is 0. The summed E-state index contributed by atoms with van der Waals surface area (Å²) in [7, 11) is 1.49. The summed E-state index contributed by atoms with van der Waals surface area (Å²) < 4.78 is 45.1. The first kappa shape index (κ1) is 17.3. The molecule has 0 unspecified atom stereocenters. The van der Waals surface area contributed by atoms with E-state index in [1.807, 2.05) is 0 Å². The average molecular weight is 351 g/mol. The molecular weight excluding hydrogens is 335 g/mol. The number of amides is 1. The van der Waals surface area contributed by atoms with Gasteiger partial charge in [-0.2, -0.15) is 13.2 Å². The maximum atomic E-state index is 13.3. The molecule has 0 saturated carbocycles. The third kappa shape index (κ3) is 3.32. The molecule has 4 nitrogen and oxygen atoms in total. The quantitative estimate of drug-likeness (QED) is 0.872.